The molecule has 1 fully saturated rings. The highest BCUT2D eigenvalue weighted by Gasteiger charge is 2.20. The molecule has 0 bridgehead atoms. The van der Waals surface area contributed by atoms with Gasteiger partial charge < -0.3 is 4.98 Å². The molecule has 2 rings (SSSR count). The van der Waals surface area contributed by atoms with Crippen molar-refractivity contribution in [2.75, 3.05) is 13.1 Å². The summed E-state index contributed by atoms with van der Waals surface area (Å²) < 4.78 is 2.36. The van der Waals surface area contributed by atoms with E-state index in [2.05, 4.69) is 35.9 Å². The Hall–Kier alpha value is -0.100. The van der Waals surface area contributed by atoms with E-state index in [0.29, 0.717) is 5.92 Å². The van der Waals surface area contributed by atoms with E-state index in [-0.39, 0.29) is 0 Å². The average molecular weight is 291 g/mol. The number of aromatic amines is 1. The van der Waals surface area contributed by atoms with Gasteiger partial charge in [-0.3, -0.25) is 0 Å². The fourth-order valence-corrected chi connectivity index (χ4v) is 2.36. The van der Waals surface area contributed by atoms with Gasteiger partial charge in [0.05, 0.1) is 0 Å². The maximum Gasteiger partial charge on any atom is 0.103 e. The van der Waals surface area contributed by atoms with Crippen molar-refractivity contribution in [3.05, 3.63) is 17.7 Å². The van der Waals surface area contributed by atoms with Crippen molar-refractivity contribution in [2.24, 2.45) is 0 Å². The zero-order valence-corrected chi connectivity index (χ0v) is 9.91. The Morgan fingerprint density at radius 1 is 1.54 bits per heavy atom. The molecule has 0 saturated carbocycles. The Bertz CT molecular complexity index is 276. The summed E-state index contributed by atoms with van der Waals surface area (Å²) in [6.45, 7) is 4.41. The number of imidazole rings is 1. The molecule has 1 aromatic rings. The molecule has 0 spiro atoms. The number of hydrogen-bond acceptors (Lipinski definition) is 2. The third-order valence-corrected chi connectivity index (χ3v) is 3.57. The lowest BCUT2D eigenvalue weighted by molar-refractivity contribution is 0.365. The standard InChI is InChI=1S/C9H14IN3/c1-7-11-6-9(12-7)8-2-4-13(10)5-3-8/h6,8H,2-5H2,1H3,(H,11,12). The van der Waals surface area contributed by atoms with Crippen LogP contribution in [0.15, 0.2) is 6.20 Å². The SMILES string of the molecule is Cc1ncc(C2CCN(I)CC2)[nH]1. The van der Waals surface area contributed by atoms with Crippen molar-refractivity contribution < 1.29 is 0 Å². The molecule has 0 aromatic carbocycles. The van der Waals surface area contributed by atoms with E-state index in [1.165, 1.54) is 31.6 Å². The van der Waals surface area contributed by atoms with Crippen LogP contribution in [0.3, 0.4) is 0 Å². The minimum absolute atomic E-state index is 0.701. The van der Waals surface area contributed by atoms with Gasteiger partial charge in [0, 0.05) is 53.8 Å². The van der Waals surface area contributed by atoms with Crippen molar-refractivity contribution in [3.63, 3.8) is 0 Å². The second-order valence-corrected chi connectivity index (χ2v) is 4.97. The molecular formula is C9H14IN3. The van der Waals surface area contributed by atoms with Gasteiger partial charge in [0.15, 0.2) is 0 Å². The number of nitrogens with one attached hydrogen (secondary N) is 1. The molecule has 0 aliphatic carbocycles. The van der Waals surface area contributed by atoms with E-state index in [0.717, 1.165) is 5.82 Å². The molecule has 2 heterocycles. The van der Waals surface area contributed by atoms with Crippen molar-refractivity contribution in [1.29, 1.82) is 0 Å². The van der Waals surface area contributed by atoms with E-state index < -0.39 is 0 Å². The van der Waals surface area contributed by atoms with E-state index >= 15 is 0 Å². The Labute approximate surface area is 92.4 Å². The second kappa shape index (κ2) is 3.96. The van der Waals surface area contributed by atoms with Crippen LogP contribution in [-0.2, 0) is 0 Å². The van der Waals surface area contributed by atoms with E-state index in [9.17, 15) is 0 Å². The highest BCUT2D eigenvalue weighted by atomic mass is 127. The largest absolute Gasteiger partial charge is 0.346 e. The number of piperidine rings is 1. The molecule has 72 valence electrons. The molecule has 0 amide bonds. The van der Waals surface area contributed by atoms with Crippen LogP contribution in [0, 0.1) is 6.92 Å². The minimum atomic E-state index is 0.701. The lowest BCUT2D eigenvalue weighted by Gasteiger charge is -2.26. The number of H-pyrrole nitrogens is 1. The predicted octanol–water partition coefficient (Wildman–Crippen LogP) is 2.25. The van der Waals surface area contributed by atoms with E-state index in [1.807, 2.05) is 13.1 Å². The summed E-state index contributed by atoms with van der Waals surface area (Å²) in [4.78, 5) is 7.57. The third kappa shape index (κ3) is 2.22. The van der Waals surface area contributed by atoms with Crippen molar-refractivity contribution in [3.8, 4) is 0 Å². The first-order valence-electron chi connectivity index (χ1n) is 4.68. The van der Waals surface area contributed by atoms with Crippen molar-refractivity contribution in [2.45, 2.75) is 25.7 Å². The number of aromatic nitrogens is 2. The topological polar surface area (TPSA) is 31.9 Å². The summed E-state index contributed by atoms with van der Waals surface area (Å²) in [5, 5.41) is 0. The maximum absolute atomic E-state index is 4.24. The zero-order valence-electron chi connectivity index (χ0n) is 7.76. The molecule has 3 nitrogen and oxygen atoms in total. The molecule has 1 aliphatic heterocycles. The van der Waals surface area contributed by atoms with Crippen LogP contribution < -0.4 is 0 Å². The summed E-state index contributed by atoms with van der Waals surface area (Å²) in [6.07, 6.45) is 4.50. The number of aryl methyl sites for hydroxylation is 1. The Morgan fingerprint density at radius 2 is 2.23 bits per heavy atom. The van der Waals surface area contributed by atoms with Gasteiger partial charge in [0.2, 0.25) is 0 Å². The van der Waals surface area contributed by atoms with Gasteiger partial charge in [0.1, 0.15) is 5.82 Å². The molecule has 1 aromatic heterocycles. The van der Waals surface area contributed by atoms with Crippen LogP contribution in [0.1, 0.15) is 30.3 Å². The fourth-order valence-electron chi connectivity index (χ4n) is 1.81. The van der Waals surface area contributed by atoms with Crippen LogP contribution in [0.5, 0.6) is 0 Å². The van der Waals surface area contributed by atoms with Crippen LogP contribution in [0.25, 0.3) is 0 Å². The molecule has 0 atom stereocenters. The van der Waals surface area contributed by atoms with Gasteiger partial charge in [-0.25, -0.2) is 8.10 Å². The van der Waals surface area contributed by atoms with Gasteiger partial charge >= 0.3 is 0 Å². The third-order valence-electron chi connectivity index (χ3n) is 2.60. The molecule has 1 N–H and O–H groups in total. The molecule has 13 heavy (non-hydrogen) atoms. The molecular weight excluding hydrogens is 277 g/mol. The quantitative estimate of drug-likeness (QED) is 0.635. The molecule has 0 unspecified atom stereocenters. The highest BCUT2D eigenvalue weighted by molar-refractivity contribution is 14.1. The molecule has 1 saturated heterocycles. The summed E-state index contributed by atoms with van der Waals surface area (Å²) >= 11 is 2.40. The normalized spacial score (nSPS) is 20.8. The zero-order chi connectivity index (χ0) is 9.26. The molecule has 0 radical (unpaired) electrons. The maximum atomic E-state index is 4.24. The van der Waals surface area contributed by atoms with Gasteiger partial charge in [-0.2, -0.15) is 0 Å². The van der Waals surface area contributed by atoms with Crippen LogP contribution in [-0.4, -0.2) is 26.2 Å². The van der Waals surface area contributed by atoms with Gasteiger partial charge in [0.25, 0.3) is 0 Å². The Balaban J connectivity index is 2.02. The number of nitrogens with zero attached hydrogens (tertiary/aromatic N) is 2. The second-order valence-electron chi connectivity index (χ2n) is 3.61. The number of rotatable bonds is 1. The first-order valence-corrected chi connectivity index (χ1v) is 5.64. The Morgan fingerprint density at radius 3 is 2.77 bits per heavy atom. The van der Waals surface area contributed by atoms with Crippen LogP contribution in [0.4, 0.5) is 0 Å². The predicted molar refractivity (Wildman–Crippen MR) is 60.9 cm³/mol. The van der Waals surface area contributed by atoms with Gasteiger partial charge in [-0.05, 0) is 19.8 Å². The van der Waals surface area contributed by atoms with E-state index in [1.54, 1.807) is 0 Å². The number of halogens is 1. The summed E-state index contributed by atoms with van der Waals surface area (Å²) in [5.41, 5.74) is 1.32. The minimum Gasteiger partial charge on any atom is -0.346 e. The lowest BCUT2D eigenvalue weighted by atomic mass is 9.95. The lowest BCUT2D eigenvalue weighted by Crippen LogP contribution is -2.24. The summed E-state index contributed by atoms with van der Waals surface area (Å²) in [6, 6.07) is 0. The van der Waals surface area contributed by atoms with E-state index in [4.69, 9.17) is 0 Å². The van der Waals surface area contributed by atoms with Crippen molar-refractivity contribution in [1.82, 2.24) is 13.1 Å². The van der Waals surface area contributed by atoms with Gasteiger partial charge in [-0.15, -0.1) is 0 Å². The molecule has 1 aliphatic rings. The van der Waals surface area contributed by atoms with Crippen LogP contribution in [0.2, 0.25) is 0 Å². The molecule has 4 heteroatoms. The van der Waals surface area contributed by atoms with Crippen LogP contribution >= 0.6 is 22.9 Å². The summed E-state index contributed by atoms with van der Waals surface area (Å²) in [7, 11) is 0. The smallest absolute Gasteiger partial charge is 0.103 e. The highest BCUT2D eigenvalue weighted by Crippen LogP contribution is 2.27. The van der Waals surface area contributed by atoms with Crippen molar-refractivity contribution >= 4 is 22.9 Å². The first kappa shape index (κ1) is 9.45. The fraction of sp³-hybridized carbons (Fsp3) is 0.667. The summed E-state index contributed by atoms with van der Waals surface area (Å²) in [5.74, 6) is 1.74. The average Bonchev–Trinajstić information content (AvgIpc) is 2.53. The Kier molecular flexibility index (Phi) is 2.88. The first-order chi connectivity index (χ1) is 6.25. The van der Waals surface area contributed by atoms with Gasteiger partial charge in [-0.1, -0.05) is 0 Å². The number of hydrogen-bond donors (Lipinski definition) is 1. The monoisotopic (exact) mass is 291 g/mol.